The molecule has 0 spiro atoms. The van der Waals surface area contributed by atoms with Crippen LogP contribution in [0.4, 0.5) is 17.1 Å². The zero-order chi connectivity index (χ0) is 31.7. The predicted octanol–water partition coefficient (Wildman–Crippen LogP) is 4.98. The molecule has 0 saturated heterocycles. The Balaban J connectivity index is 1.92. The Kier molecular flexibility index (Phi) is 8.49. The van der Waals surface area contributed by atoms with Crippen LogP contribution in [0.5, 0.6) is 0 Å². The van der Waals surface area contributed by atoms with Crippen molar-refractivity contribution in [3.63, 3.8) is 0 Å². The summed E-state index contributed by atoms with van der Waals surface area (Å²) < 4.78 is 14.7. The van der Waals surface area contributed by atoms with Crippen molar-refractivity contribution >= 4 is 51.4 Å². The number of rotatable bonds is 9. The number of esters is 2. The van der Waals surface area contributed by atoms with E-state index >= 15 is 0 Å². The second-order valence-electron chi connectivity index (χ2n) is 11.2. The zero-order valence-corrected chi connectivity index (χ0v) is 26.7. The van der Waals surface area contributed by atoms with Gasteiger partial charge in [0.15, 0.2) is 6.20 Å². The first-order chi connectivity index (χ1) is 21.0. The number of allylic oxidation sites excluding steroid dienone is 2. The second kappa shape index (κ2) is 12.3. The van der Waals surface area contributed by atoms with E-state index in [2.05, 4.69) is 41.3 Å². The Bertz CT molecular complexity index is 1800. The van der Waals surface area contributed by atoms with Crippen LogP contribution in [0.1, 0.15) is 41.2 Å². The monoisotopic (exact) mass is 594 g/mol. The van der Waals surface area contributed by atoms with Crippen molar-refractivity contribution in [1.82, 2.24) is 4.40 Å². The largest absolute Gasteiger partial charge is 0.461 e. The number of carbonyl (C=O) groups is 2. The summed E-state index contributed by atoms with van der Waals surface area (Å²) in [7, 11) is 12.0. The van der Waals surface area contributed by atoms with Gasteiger partial charge in [0.2, 0.25) is 5.69 Å². The standard InChI is InChI=1S/C35H40N5O4/c1-9-43-34(41)31-21-27(29-19-25(37(5)6)15-17-39(29)31)33(23-11-13-24(14-12-23)36(3)4)28-22-32(35(42)44-10-2)40-18-16-26(38(7)8)20-30(28)40/h11-22H,9-10H2,1-8H3/q+1. The highest BCUT2D eigenvalue weighted by Crippen LogP contribution is 2.40. The molecule has 3 aromatic heterocycles. The molecule has 0 unspecified atom stereocenters. The number of pyridine rings is 2. The van der Waals surface area contributed by atoms with Crippen LogP contribution in [-0.2, 0) is 14.3 Å². The van der Waals surface area contributed by atoms with Gasteiger partial charge in [-0.05, 0) is 49.7 Å². The maximum absolute atomic E-state index is 13.3. The molecule has 9 nitrogen and oxygen atoms in total. The fraction of sp³-hybridized carbons (Fsp3) is 0.286. The lowest BCUT2D eigenvalue weighted by Gasteiger charge is -2.16. The van der Waals surface area contributed by atoms with Crippen molar-refractivity contribution in [2.24, 2.45) is 0 Å². The molecule has 4 aromatic rings. The molecule has 0 fully saturated rings. The van der Waals surface area contributed by atoms with Crippen LogP contribution in [0.3, 0.4) is 0 Å². The summed E-state index contributed by atoms with van der Waals surface area (Å²) >= 11 is 0. The van der Waals surface area contributed by atoms with Crippen molar-refractivity contribution in [2.45, 2.75) is 13.8 Å². The molecule has 0 atom stereocenters. The third-order valence-corrected chi connectivity index (χ3v) is 7.72. The van der Waals surface area contributed by atoms with E-state index < -0.39 is 11.9 Å². The van der Waals surface area contributed by atoms with Crippen molar-refractivity contribution in [3.05, 3.63) is 95.6 Å². The molecule has 0 radical (unpaired) electrons. The highest BCUT2D eigenvalue weighted by atomic mass is 16.5. The summed E-state index contributed by atoms with van der Waals surface area (Å²) in [4.78, 5) is 32.6. The molecule has 0 saturated carbocycles. The molecule has 9 heteroatoms. The van der Waals surface area contributed by atoms with Crippen LogP contribution >= 0.6 is 0 Å². The molecule has 1 aliphatic heterocycles. The van der Waals surface area contributed by atoms with Crippen LogP contribution in [0.25, 0.3) is 22.4 Å². The molecule has 1 aromatic carbocycles. The third-order valence-electron chi connectivity index (χ3n) is 7.72. The van der Waals surface area contributed by atoms with Gasteiger partial charge in [0.25, 0.3) is 5.70 Å². The number of fused-ring (bicyclic) bond motifs is 2. The molecule has 228 valence electrons. The number of carbonyl (C=O) groups excluding carboxylic acids is 2. The number of hydrogen-bond donors (Lipinski definition) is 0. The minimum absolute atomic E-state index is 0.264. The normalized spacial score (nSPS) is 13.3. The van der Waals surface area contributed by atoms with E-state index in [1.54, 1.807) is 13.8 Å². The molecule has 4 heterocycles. The number of benzene rings is 1. The van der Waals surface area contributed by atoms with E-state index in [-0.39, 0.29) is 13.2 Å². The topological polar surface area (TPSA) is 70.6 Å². The van der Waals surface area contributed by atoms with E-state index in [1.165, 1.54) is 0 Å². The van der Waals surface area contributed by atoms with Gasteiger partial charge in [0, 0.05) is 94.9 Å². The first-order valence-corrected chi connectivity index (χ1v) is 14.7. The van der Waals surface area contributed by atoms with Crippen molar-refractivity contribution in [3.8, 4) is 0 Å². The van der Waals surface area contributed by atoms with Crippen LogP contribution in [-0.4, -0.2) is 71.8 Å². The van der Waals surface area contributed by atoms with E-state index in [0.717, 1.165) is 50.5 Å². The lowest BCUT2D eigenvalue weighted by Crippen LogP contribution is -2.37. The third kappa shape index (κ3) is 5.53. The summed E-state index contributed by atoms with van der Waals surface area (Å²) in [6.07, 6.45) is 5.70. The average Bonchev–Trinajstić information content (AvgIpc) is 3.56. The summed E-state index contributed by atoms with van der Waals surface area (Å²) in [5, 5.41) is 0. The van der Waals surface area contributed by atoms with Gasteiger partial charge in [-0.2, -0.15) is 4.57 Å². The number of anilines is 3. The maximum atomic E-state index is 13.3. The smallest absolute Gasteiger partial charge is 0.404 e. The van der Waals surface area contributed by atoms with Crippen molar-refractivity contribution in [1.29, 1.82) is 0 Å². The van der Waals surface area contributed by atoms with Gasteiger partial charge in [-0.25, -0.2) is 9.59 Å². The van der Waals surface area contributed by atoms with Gasteiger partial charge in [-0.3, -0.25) is 0 Å². The Morgan fingerprint density at radius 3 is 1.98 bits per heavy atom. The lowest BCUT2D eigenvalue weighted by molar-refractivity contribution is -0.577. The predicted molar refractivity (Wildman–Crippen MR) is 176 cm³/mol. The Labute approximate surface area is 258 Å². The van der Waals surface area contributed by atoms with E-state index in [1.807, 2.05) is 97.7 Å². The number of hydrogen-bond acceptors (Lipinski definition) is 7. The summed E-state index contributed by atoms with van der Waals surface area (Å²) in [6.45, 7) is 4.13. The maximum Gasteiger partial charge on any atom is 0.404 e. The number of nitrogens with zero attached hydrogens (tertiary/aromatic N) is 5. The second-order valence-corrected chi connectivity index (χ2v) is 11.2. The Morgan fingerprint density at radius 2 is 1.36 bits per heavy atom. The van der Waals surface area contributed by atoms with Gasteiger partial charge >= 0.3 is 11.9 Å². The molecule has 0 N–H and O–H groups in total. The first-order valence-electron chi connectivity index (χ1n) is 14.7. The van der Waals surface area contributed by atoms with Gasteiger partial charge in [-0.15, -0.1) is 0 Å². The van der Waals surface area contributed by atoms with Gasteiger partial charge in [0.05, 0.1) is 24.3 Å². The van der Waals surface area contributed by atoms with Crippen molar-refractivity contribution in [2.75, 3.05) is 70.2 Å². The minimum Gasteiger partial charge on any atom is -0.461 e. The summed E-state index contributed by atoms with van der Waals surface area (Å²) in [6, 6.07) is 18.3. The lowest BCUT2D eigenvalue weighted by atomic mass is 9.91. The summed E-state index contributed by atoms with van der Waals surface area (Å²) in [5.74, 6) is -0.810. The quantitative estimate of drug-likeness (QED) is 0.200. The number of ether oxygens (including phenoxy) is 2. The number of aromatic nitrogens is 2. The molecule has 0 bridgehead atoms. The molecular weight excluding hydrogens is 554 g/mol. The average molecular weight is 595 g/mol. The fourth-order valence-electron chi connectivity index (χ4n) is 5.44. The Morgan fingerprint density at radius 1 is 0.750 bits per heavy atom. The molecule has 5 rings (SSSR count). The van der Waals surface area contributed by atoms with Gasteiger partial charge in [-0.1, -0.05) is 12.1 Å². The van der Waals surface area contributed by atoms with Crippen molar-refractivity contribution < 1.29 is 23.6 Å². The molecule has 0 aliphatic carbocycles. The Hall–Kier alpha value is -5.05. The SMILES string of the molecule is CCOC(=O)C1=C/C(=C(\c2ccc(N(C)C)cc2)c2cc(C(=O)OCC)n3ccc(N(C)C)cc23)c2cc(N(C)C)cc[n+]21. The highest BCUT2D eigenvalue weighted by molar-refractivity contribution is 6.16. The summed E-state index contributed by atoms with van der Waals surface area (Å²) in [5.41, 5.74) is 9.05. The zero-order valence-electron chi connectivity index (χ0n) is 26.7. The van der Waals surface area contributed by atoms with Gasteiger partial charge in [0.1, 0.15) is 5.69 Å². The van der Waals surface area contributed by atoms with E-state index in [0.29, 0.717) is 11.4 Å². The minimum atomic E-state index is -0.405. The van der Waals surface area contributed by atoms with Gasteiger partial charge < -0.3 is 28.6 Å². The fourth-order valence-corrected chi connectivity index (χ4v) is 5.44. The van der Waals surface area contributed by atoms with Crippen LogP contribution in [0.2, 0.25) is 0 Å². The molecule has 0 amide bonds. The molecule has 44 heavy (non-hydrogen) atoms. The van der Waals surface area contributed by atoms with Crippen LogP contribution in [0.15, 0.2) is 73.1 Å². The first kappa shape index (κ1) is 30.4. The van der Waals surface area contributed by atoms with Crippen LogP contribution < -0.4 is 19.3 Å². The molecule has 1 aliphatic rings. The van der Waals surface area contributed by atoms with E-state index in [4.69, 9.17) is 9.47 Å². The van der Waals surface area contributed by atoms with Crippen LogP contribution in [0, 0.1) is 0 Å². The molecular formula is C35H40N5O4+. The van der Waals surface area contributed by atoms with E-state index in [9.17, 15) is 9.59 Å². The highest BCUT2D eigenvalue weighted by Gasteiger charge is 2.37.